The van der Waals surface area contributed by atoms with Crippen LogP contribution in [0.4, 0.5) is 0 Å². The molecule has 28 heavy (non-hydrogen) atoms. The van der Waals surface area contributed by atoms with Gasteiger partial charge in [-0.15, -0.1) is 0 Å². The first kappa shape index (κ1) is 19.2. The van der Waals surface area contributed by atoms with E-state index >= 15 is 0 Å². The lowest BCUT2D eigenvalue weighted by Crippen LogP contribution is -2.26. The van der Waals surface area contributed by atoms with Crippen LogP contribution in [0.25, 0.3) is 0 Å². The van der Waals surface area contributed by atoms with E-state index in [9.17, 15) is 9.59 Å². The normalized spacial score (nSPS) is 11.7. The first-order valence-electron chi connectivity index (χ1n) is 8.76. The van der Waals surface area contributed by atoms with Gasteiger partial charge in [0.15, 0.2) is 0 Å². The minimum absolute atomic E-state index is 0.198. The summed E-state index contributed by atoms with van der Waals surface area (Å²) in [5.41, 5.74) is 2.36. The molecule has 1 aromatic heterocycles. The number of nitrogens with one attached hydrogen (secondary N) is 1. The van der Waals surface area contributed by atoms with Crippen molar-refractivity contribution in [1.82, 2.24) is 15.1 Å². The Morgan fingerprint density at radius 2 is 1.89 bits per heavy atom. The Morgan fingerprint density at radius 3 is 2.54 bits per heavy atom. The molecule has 2 aromatic carbocycles. The Balaban J connectivity index is 1.76. The van der Waals surface area contributed by atoms with Crippen LogP contribution in [0.1, 0.15) is 44.8 Å². The van der Waals surface area contributed by atoms with Gasteiger partial charge in [-0.2, -0.15) is 5.10 Å². The average molecular weight is 379 g/mol. The highest BCUT2D eigenvalue weighted by Crippen LogP contribution is 2.26. The van der Waals surface area contributed by atoms with E-state index < -0.39 is 5.97 Å². The minimum Gasteiger partial charge on any atom is -0.478 e. The number of ether oxygens (including phenoxy) is 1. The largest absolute Gasteiger partial charge is 0.478 e. The van der Waals surface area contributed by atoms with Crippen molar-refractivity contribution in [1.29, 1.82) is 0 Å². The third-order valence-electron chi connectivity index (χ3n) is 4.34. The number of benzene rings is 2. The maximum atomic E-state index is 12.8. The zero-order valence-corrected chi connectivity index (χ0v) is 15.8. The molecule has 0 radical (unpaired) electrons. The number of rotatable bonds is 6. The van der Waals surface area contributed by atoms with E-state index in [-0.39, 0.29) is 17.5 Å². The lowest BCUT2D eigenvalue weighted by molar-refractivity contribution is 0.0696. The predicted octanol–water partition coefficient (Wildman–Crippen LogP) is 3.71. The summed E-state index contributed by atoms with van der Waals surface area (Å²) in [6.07, 6.45) is 1.46. The van der Waals surface area contributed by atoms with Crippen LogP contribution in [0.2, 0.25) is 0 Å². The Hall–Kier alpha value is -3.61. The van der Waals surface area contributed by atoms with Crippen molar-refractivity contribution in [2.75, 3.05) is 0 Å². The molecule has 0 fully saturated rings. The number of hydrogen-bond acceptors (Lipinski definition) is 4. The van der Waals surface area contributed by atoms with E-state index in [0.29, 0.717) is 17.2 Å². The van der Waals surface area contributed by atoms with Crippen LogP contribution in [0.3, 0.4) is 0 Å². The van der Waals surface area contributed by atoms with Gasteiger partial charge in [-0.25, -0.2) is 9.48 Å². The number of carboxylic acid groups (broad SMARTS) is 1. The molecule has 7 heteroatoms. The van der Waals surface area contributed by atoms with Gasteiger partial charge in [-0.1, -0.05) is 24.3 Å². The highest BCUT2D eigenvalue weighted by Gasteiger charge is 2.20. The fourth-order valence-electron chi connectivity index (χ4n) is 2.77. The van der Waals surface area contributed by atoms with Crippen molar-refractivity contribution >= 4 is 11.9 Å². The van der Waals surface area contributed by atoms with Gasteiger partial charge in [0.25, 0.3) is 5.91 Å². The van der Waals surface area contributed by atoms with E-state index in [1.807, 2.05) is 38.1 Å². The number of nitrogens with zero attached hydrogens (tertiary/aromatic N) is 2. The van der Waals surface area contributed by atoms with Crippen molar-refractivity contribution in [2.45, 2.75) is 19.9 Å². The van der Waals surface area contributed by atoms with Gasteiger partial charge in [-0.3, -0.25) is 4.79 Å². The van der Waals surface area contributed by atoms with Crippen molar-refractivity contribution in [3.05, 3.63) is 77.0 Å². The van der Waals surface area contributed by atoms with Crippen molar-refractivity contribution in [3.8, 4) is 11.6 Å². The summed E-state index contributed by atoms with van der Waals surface area (Å²) >= 11 is 0. The molecule has 0 aliphatic rings. The van der Waals surface area contributed by atoms with E-state index in [0.717, 1.165) is 11.1 Å². The first-order valence-corrected chi connectivity index (χ1v) is 8.76. The highest BCUT2D eigenvalue weighted by molar-refractivity contribution is 5.96. The monoisotopic (exact) mass is 379 g/mol. The van der Waals surface area contributed by atoms with Crippen LogP contribution in [-0.4, -0.2) is 26.8 Å². The standard InChI is InChI=1S/C21H21N3O4/c1-13-5-4-6-17(11-13)28-20-18(12-22-24(20)3)19(25)23-14(2)15-7-9-16(10-8-15)21(26)27/h4-12,14H,1-3H3,(H,23,25)(H,26,27)/t14-/m0/s1. The molecule has 1 atom stereocenters. The van der Waals surface area contributed by atoms with Gasteiger partial charge in [-0.05, 0) is 49.2 Å². The second kappa shape index (κ2) is 7.96. The first-order chi connectivity index (χ1) is 13.3. The summed E-state index contributed by atoms with van der Waals surface area (Å²) in [5, 5.41) is 16.0. The predicted molar refractivity (Wildman–Crippen MR) is 104 cm³/mol. The Bertz CT molecular complexity index is 1010. The van der Waals surface area contributed by atoms with Crippen molar-refractivity contribution in [2.24, 2.45) is 7.05 Å². The molecule has 0 aliphatic carbocycles. The fourth-order valence-corrected chi connectivity index (χ4v) is 2.77. The van der Waals surface area contributed by atoms with Gasteiger partial charge in [0.1, 0.15) is 11.3 Å². The third-order valence-corrected chi connectivity index (χ3v) is 4.34. The quantitative estimate of drug-likeness (QED) is 0.681. The lowest BCUT2D eigenvalue weighted by Gasteiger charge is -2.15. The Kier molecular flexibility index (Phi) is 5.44. The molecule has 3 aromatic rings. The van der Waals surface area contributed by atoms with Crippen LogP contribution in [0.15, 0.2) is 54.7 Å². The number of carbonyl (C=O) groups excluding carboxylic acids is 1. The van der Waals surface area contributed by atoms with Crippen LogP contribution >= 0.6 is 0 Å². The van der Waals surface area contributed by atoms with Crippen LogP contribution in [0.5, 0.6) is 11.6 Å². The number of amides is 1. The van der Waals surface area contributed by atoms with Crippen molar-refractivity contribution < 1.29 is 19.4 Å². The van der Waals surface area contributed by atoms with E-state index in [1.165, 1.54) is 23.0 Å². The molecular weight excluding hydrogens is 358 g/mol. The smallest absolute Gasteiger partial charge is 0.335 e. The third kappa shape index (κ3) is 4.20. The number of carbonyl (C=O) groups is 2. The molecule has 144 valence electrons. The van der Waals surface area contributed by atoms with E-state index in [2.05, 4.69) is 10.4 Å². The average Bonchev–Trinajstić information content (AvgIpc) is 3.02. The van der Waals surface area contributed by atoms with Gasteiger partial charge >= 0.3 is 5.97 Å². The topological polar surface area (TPSA) is 93.4 Å². The summed E-state index contributed by atoms with van der Waals surface area (Å²) < 4.78 is 7.39. The molecule has 1 amide bonds. The second-order valence-corrected chi connectivity index (χ2v) is 6.53. The number of aromatic nitrogens is 2. The SMILES string of the molecule is Cc1cccc(Oc2c(C(=O)N[C@@H](C)c3ccc(C(=O)O)cc3)cnn2C)c1. The maximum absolute atomic E-state index is 12.8. The van der Waals surface area contributed by atoms with Gasteiger partial charge in [0, 0.05) is 7.05 Å². The molecule has 2 N–H and O–H groups in total. The zero-order chi connectivity index (χ0) is 20.3. The Labute approximate surface area is 162 Å². The van der Waals surface area contributed by atoms with E-state index in [4.69, 9.17) is 9.84 Å². The minimum atomic E-state index is -0.989. The maximum Gasteiger partial charge on any atom is 0.335 e. The molecule has 0 spiro atoms. The van der Waals surface area contributed by atoms with Gasteiger partial charge in [0.05, 0.1) is 17.8 Å². The number of hydrogen-bond donors (Lipinski definition) is 2. The van der Waals surface area contributed by atoms with Crippen LogP contribution in [0, 0.1) is 6.92 Å². The molecular formula is C21H21N3O4. The summed E-state index contributed by atoms with van der Waals surface area (Å²) in [6.45, 7) is 3.78. The lowest BCUT2D eigenvalue weighted by atomic mass is 10.1. The molecule has 0 saturated heterocycles. The molecule has 0 aliphatic heterocycles. The second-order valence-electron chi connectivity index (χ2n) is 6.53. The molecule has 0 bridgehead atoms. The summed E-state index contributed by atoms with van der Waals surface area (Å²) in [5.74, 6) is -0.353. The Morgan fingerprint density at radius 1 is 1.18 bits per heavy atom. The number of aromatic carboxylic acids is 1. The van der Waals surface area contributed by atoms with Gasteiger partial charge < -0.3 is 15.2 Å². The molecule has 7 nitrogen and oxygen atoms in total. The number of aryl methyl sites for hydroxylation is 2. The van der Waals surface area contributed by atoms with Crippen LogP contribution < -0.4 is 10.1 Å². The van der Waals surface area contributed by atoms with E-state index in [1.54, 1.807) is 19.2 Å². The summed E-state index contributed by atoms with van der Waals surface area (Å²) in [6, 6.07) is 13.6. The molecule has 3 rings (SSSR count). The van der Waals surface area contributed by atoms with Gasteiger partial charge in [0.2, 0.25) is 5.88 Å². The molecule has 1 heterocycles. The summed E-state index contributed by atoms with van der Waals surface area (Å²) in [7, 11) is 1.70. The summed E-state index contributed by atoms with van der Waals surface area (Å²) in [4.78, 5) is 23.7. The molecule has 0 unspecified atom stereocenters. The number of carboxylic acids is 1. The van der Waals surface area contributed by atoms with Crippen molar-refractivity contribution in [3.63, 3.8) is 0 Å². The fraction of sp³-hybridized carbons (Fsp3) is 0.190. The highest BCUT2D eigenvalue weighted by atomic mass is 16.5. The van der Waals surface area contributed by atoms with Crippen LogP contribution in [-0.2, 0) is 7.05 Å². The molecule has 0 saturated carbocycles. The zero-order valence-electron chi connectivity index (χ0n) is 15.8.